The monoisotopic (exact) mass is 302 g/mol. The number of unbranched alkanes of at least 4 members (excludes halogenated alkanes) is 2. The number of rotatable bonds is 5. The Morgan fingerprint density at radius 3 is 2.62 bits per heavy atom. The molecule has 0 aliphatic carbocycles. The van der Waals surface area contributed by atoms with Gasteiger partial charge in [-0.1, -0.05) is 38.0 Å². The van der Waals surface area contributed by atoms with Gasteiger partial charge >= 0.3 is 0 Å². The Morgan fingerprint density at radius 1 is 1.24 bits per heavy atom. The van der Waals surface area contributed by atoms with E-state index in [1.54, 1.807) is 23.5 Å². The van der Waals surface area contributed by atoms with Crippen LogP contribution in [0.15, 0.2) is 35.3 Å². The van der Waals surface area contributed by atoms with Crippen molar-refractivity contribution < 1.29 is 4.79 Å². The summed E-state index contributed by atoms with van der Waals surface area (Å²) in [6.45, 7) is 4.31. The lowest BCUT2D eigenvalue weighted by atomic mass is 10.2. The van der Waals surface area contributed by atoms with E-state index in [9.17, 15) is 4.79 Å². The number of aryl methyl sites for hydroxylation is 1. The van der Waals surface area contributed by atoms with Crippen LogP contribution < -0.4 is 4.80 Å². The molecular weight excluding hydrogens is 280 g/mol. The van der Waals surface area contributed by atoms with E-state index in [-0.39, 0.29) is 5.91 Å². The Bertz CT molecular complexity index is 668. The summed E-state index contributed by atoms with van der Waals surface area (Å²) in [6, 6.07) is 9.22. The predicted octanol–water partition coefficient (Wildman–Crippen LogP) is 3.87. The maximum Gasteiger partial charge on any atom is 0.279 e. The summed E-state index contributed by atoms with van der Waals surface area (Å²) in [5.41, 5.74) is 1.85. The fraction of sp³-hybridized carbons (Fsp3) is 0.412. The van der Waals surface area contributed by atoms with E-state index in [0.29, 0.717) is 5.56 Å². The zero-order valence-corrected chi connectivity index (χ0v) is 13.7. The molecule has 112 valence electrons. The van der Waals surface area contributed by atoms with Crippen LogP contribution in [0, 0.1) is 6.92 Å². The van der Waals surface area contributed by atoms with Crippen molar-refractivity contribution in [3.63, 3.8) is 0 Å². The molecule has 0 bridgehead atoms. The number of aromatic nitrogens is 1. The largest absolute Gasteiger partial charge is 0.324 e. The molecule has 1 aromatic heterocycles. The van der Waals surface area contributed by atoms with Crippen LogP contribution in [0.4, 0.5) is 0 Å². The standard InChI is InChI=1S/C17H22N2OS/c1-4-5-7-12-15-13(2)19(3)17(21-15)18-16(20)14-10-8-6-9-11-14/h6,8-11H,4-5,7,12H2,1-3H3. The molecule has 3 nitrogen and oxygen atoms in total. The van der Waals surface area contributed by atoms with Gasteiger partial charge < -0.3 is 4.57 Å². The highest BCUT2D eigenvalue weighted by Gasteiger charge is 2.09. The third-order valence-electron chi connectivity index (χ3n) is 3.63. The first kappa shape index (κ1) is 15.7. The Morgan fingerprint density at radius 2 is 1.95 bits per heavy atom. The molecule has 0 unspecified atom stereocenters. The van der Waals surface area contributed by atoms with Gasteiger partial charge in [-0.25, -0.2) is 0 Å². The zero-order valence-electron chi connectivity index (χ0n) is 12.9. The molecule has 0 N–H and O–H groups in total. The highest BCUT2D eigenvalue weighted by molar-refractivity contribution is 7.09. The van der Waals surface area contributed by atoms with Crippen LogP contribution in [-0.4, -0.2) is 10.5 Å². The second-order valence-electron chi connectivity index (χ2n) is 5.19. The van der Waals surface area contributed by atoms with Gasteiger partial charge in [-0.2, -0.15) is 4.99 Å². The van der Waals surface area contributed by atoms with E-state index < -0.39 is 0 Å². The second-order valence-corrected chi connectivity index (χ2v) is 6.25. The van der Waals surface area contributed by atoms with Crippen LogP contribution in [0.5, 0.6) is 0 Å². The lowest BCUT2D eigenvalue weighted by molar-refractivity contribution is 0.0998. The van der Waals surface area contributed by atoms with Gasteiger partial charge in [0.25, 0.3) is 5.91 Å². The van der Waals surface area contributed by atoms with Gasteiger partial charge in [0.2, 0.25) is 0 Å². The Hall–Kier alpha value is -1.68. The third kappa shape index (κ3) is 3.91. The molecule has 21 heavy (non-hydrogen) atoms. The van der Waals surface area contributed by atoms with Crippen LogP contribution >= 0.6 is 11.3 Å². The average Bonchev–Trinajstić information content (AvgIpc) is 2.77. The fourth-order valence-electron chi connectivity index (χ4n) is 2.18. The maximum absolute atomic E-state index is 12.2. The number of hydrogen-bond acceptors (Lipinski definition) is 2. The summed E-state index contributed by atoms with van der Waals surface area (Å²) in [5.74, 6) is -0.174. The number of carbonyl (C=O) groups is 1. The molecule has 1 heterocycles. The third-order valence-corrected chi connectivity index (χ3v) is 4.93. The first-order valence-corrected chi connectivity index (χ1v) is 8.24. The normalized spacial score (nSPS) is 11.9. The summed E-state index contributed by atoms with van der Waals surface area (Å²) < 4.78 is 2.02. The highest BCUT2D eigenvalue weighted by Crippen LogP contribution is 2.15. The molecule has 0 atom stereocenters. The molecule has 0 spiro atoms. The average molecular weight is 302 g/mol. The molecule has 0 aliphatic rings. The van der Waals surface area contributed by atoms with Crippen molar-refractivity contribution in [2.24, 2.45) is 12.0 Å². The number of amides is 1. The topological polar surface area (TPSA) is 34.4 Å². The number of hydrogen-bond donors (Lipinski definition) is 0. The van der Waals surface area contributed by atoms with E-state index >= 15 is 0 Å². The van der Waals surface area contributed by atoms with Gasteiger partial charge in [0, 0.05) is 23.2 Å². The SMILES string of the molecule is CCCCCc1sc(=NC(=O)c2ccccc2)n(C)c1C. The van der Waals surface area contributed by atoms with Crippen LogP contribution in [0.3, 0.4) is 0 Å². The van der Waals surface area contributed by atoms with Crippen molar-refractivity contribution in [2.75, 3.05) is 0 Å². The van der Waals surface area contributed by atoms with Crippen LogP contribution in [-0.2, 0) is 13.5 Å². The van der Waals surface area contributed by atoms with Crippen molar-refractivity contribution in [2.45, 2.75) is 39.5 Å². The molecule has 4 heteroatoms. The fourth-order valence-corrected chi connectivity index (χ4v) is 3.33. The molecule has 0 radical (unpaired) electrons. The summed E-state index contributed by atoms with van der Waals surface area (Å²) >= 11 is 1.64. The quantitative estimate of drug-likeness (QED) is 0.772. The second kappa shape index (κ2) is 7.36. The lowest BCUT2D eigenvalue weighted by Crippen LogP contribution is -2.14. The molecular formula is C17H22N2OS. The van der Waals surface area contributed by atoms with Gasteiger partial charge in [-0.15, -0.1) is 11.3 Å². The molecule has 0 aliphatic heterocycles. The van der Waals surface area contributed by atoms with Crippen LogP contribution in [0.25, 0.3) is 0 Å². The van der Waals surface area contributed by atoms with Gasteiger partial charge in [0.05, 0.1) is 0 Å². The molecule has 0 saturated carbocycles. The lowest BCUT2D eigenvalue weighted by Gasteiger charge is -1.99. The summed E-state index contributed by atoms with van der Waals surface area (Å²) in [5, 5.41) is 0. The minimum absolute atomic E-state index is 0.174. The predicted molar refractivity (Wildman–Crippen MR) is 87.6 cm³/mol. The minimum atomic E-state index is -0.174. The summed E-state index contributed by atoms with van der Waals surface area (Å²) in [6.07, 6.45) is 4.74. The Kier molecular flexibility index (Phi) is 5.51. The summed E-state index contributed by atoms with van der Waals surface area (Å²) in [7, 11) is 1.98. The highest BCUT2D eigenvalue weighted by atomic mass is 32.1. The van der Waals surface area contributed by atoms with Crippen molar-refractivity contribution in [1.29, 1.82) is 0 Å². The molecule has 1 aromatic carbocycles. The Balaban J connectivity index is 2.25. The van der Waals surface area contributed by atoms with E-state index in [4.69, 9.17) is 0 Å². The number of thiazole rings is 1. The number of benzene rings is 1. The minimum Gasteiger partial charge on any atom is -0.324 e. The van der Waals surface area contributed by atoms with E-state index in [1.807, 2.05) is 29.8 Å². The first-order chi connectivity index (χ1) is 10.1. The molecule has 2 aromatic rings. The van der Waals surface area contributed by atoms with Gasteiger partial charge in [0.1, 0.15) is 0 Å². The van der Waals surface area contributed by atoms with Gasteiger partial charge in [0.15, 0.2) is 4.80 Å². The molecule has 0 saturated heterocycles. The van der Waals surface area contributed by atoms with Gasteiger partial charge in [-0.05, 0) is 31.9 Å². The van der Waals surface area contributed by atoms with Crippen LogP contribution in [0.2, 0.25) is 0 Å². The zero-order chi connectivity index (χ0) is 15.2. The van der Waals surface area contributed by atoms with Gasteiger partial charge in [-0.3, -0.25) is 4.79 Å². The smallest absolute Gasteiger partial charge is 0.279 e. The maximum atomic E-state index is 12.2. The van der Waals surface area contributed by atoms with Crippen LogP contribution in [0.1, 0.15) is 47.1 Å². The molecule has 0 fully saturated rings. The first-order valence-electron chi connectivity index (χ1n) is 7.43. The molecule has 2 rings (SSSR count). The Labute approximate surface area is 130 Å². The number of carbonyl (C=O) groups excluding carboxylic acids is 1. The van der Waals surface area contributed by atoms with Crippen molar-refractivity contribution in [3.8, 4) is 0 Å². The molecule has 1 amide bonds. The summed E-state index contributed by atoms with van der Waals surface area (Å²) in [4.78, 5) is 18.6. The van der Waals surface area contributed by atoms with E-state index in [1.165, 1.54) is 29.8 Å². The van der Waals surface area contributed by atoms with Crippen molar-refractivity contribution in [3.05, 3.63) is 51.3 Å². The van der Waals surface area contributed by atoms with E-state index in [0.717, 1.165) is 11.2 Å². The number of nitrogens with zero attached hydrogens (tertiary/aromatic N) is 2. The van der Waals surface area contributed by atoms with Crippen molar-refractivity contribution >= 4 is 17.2 Å². The van der Waals surface area contributed by atoms with Crippen molar-refractivity contribution in [1.82, 2.24) is 4.57 Å². The van der Waals surface area contributed by atoms with E-state index in [2.05, 4.69) is 18.8 Å².